The van der Waals surface area contributed by atoms with Crippen molar-refractivity contribution in [1.29, 1.82) is 0 Å². The van der Waals surface area contributed by atoms with Crippen molar-refractivity contribution in [2.75, 3.05) is 31.6 Å². The summed E-state index contributed by atoms with van der Waals surface area (Å²) in [5.41, 5.74) is 3.68. The van der Waals surface area contributed by atoms with Crippen molar-refractivity contribution >= 4 is 11.6 Å². The van der Waals surface area contributed by atoms with E-state index in [0.29, 0.717) is 6.42 Å². The number of ether oxygens (including phenoxy) is 1. The Labute approximate surface area is 190 Å². The molecule has 0 radical (unpaired) electrons. The molecule has 0 saturated carbocycles. The first-order chi connectivity index (χ1) is 15.8. The molecule has 32 heavy (non-hydrogen) atoms. The maximum absolute atomic E-state index is 12.4. The minimum atomic E-state index is 0.123. The van der Waals surface area contributed by atoms with Gasteiger partial charge >= 0.3 is 0 Å². The number of aryl methyl sites for hydroxylation is 1. The van der Waals surface area contributed by atoms with E-state index in [0.717, 1.165) is 38.2 Å². The number of benzene rings is 2. The van der Waals surface area contributed by atoms with Crippen LogP contribution in [0.15, 0.2) is 85.2 Å². The fourth-order valence-corrected chi connectivity index (χ4v) is 4.29. The summed E-state index contributed by atoms with van der Waals surface area (Å²) >= 11 is 0. The second kappa shape index (κ2) is 10.8. The molecule has 0 bridgehead atoms. The fraction of sp³-hybridized carbons (Fsp3) is 0.296. The third-order valence-corrected chi connectivity index (χ3v) is 5.98. The molecule has 4 rings (SSSR count). The molecule has 2 aromatic carbocycles. The van der Waals surface area contributed by atoms with Gasteiger partial charge in [-0.15, -0.1) is 0 Å². The summed E-state index contributed by atoms with van der Waals surface area (Å²) < 4.78 is 5.62. The van der Waals surface area contributed by atoms with Gasteiger partial charge in [-0.1, -0.05) is 42.5 Å². The van der Waals surface area contributed by atoms with E-state index in [4.69, 9.17) is 4.74 Å². The quantitative estimate of drug-likeness (QED) is 0.699. The van der Waals surface area contributed by atoms with Gasteiger partial charge in [-0.05, 0) is 48.8 Å². The molecule has 2 heterocycles. The average molecular weight is 430 g/mol. The number of anilines is 1. The zero-order chi connectivity index (χ0) is 22.2. The summed E-state index contributed by atoms with van der Waals surface area (Å²) in [7, 11) is 1.73. The Hall–Kier alpha value is -3.31. The van der Waals surface area contributed by atoms with Crippen molar-refractivity contribution in [2.24, 2.45) is 0 Å². The van der Waals surface area contributed by atoms with Gasteiger partial charge < -0.3 is 15.0 Å². The third-order valence-electron chi connectivity index (χ3n) is 5.98. The van der Waals surface area contributed by atoms with Gasteiger partial charge in [0.25, 0.3) is 0 Å². The number of hydrogen-bond acceptors (Lipinski definition) is 4. The third kappa shape index (κ3) is 5.29. The summed E-state index contributed by atoms with van der Waals surface area (Å²) in [5, 5.41) is 3.52. The van der Waals surface area contributed by atoms with Crippen molar-refractivity contribution in [3.05, 3.63) is 96.4 Å². The van der Waals surface area contributed by atoms with E-state index in [9.17, 15) is 4.79 Å². The van der Waals surface area contributed by atoms with E-state index < -0.39 is 0 Å². The molecule has 0 aliphatic carbocycles. The normalized spacial score (nSPS) is 18.0. The van der Waals surface area contributed by atoms with E-state index >= 15 is 0 Å². The van der Waals surface area contributed by atoms with Crippen molar-refractivity contribution in [3.8, 4) is 5.75 Å². The SMILES string of the molecule is COc1ccccc1C1CNCCN1c1ccc(CCCC(=O)N2C=CC=CC=C2)cc1. The van der Waals surface area contributed by atoms with Gasteiger partial charge in [0.1, 0.15) is 5.75 Å². The molecular weight excluding hydrogens is 398 g/mol. The Morgan fingerprint density at radius 1 is 1.03 bits per heavy atom. The molecule has 2 aliphatic rings. The summed E-state index contributed by atoms with van der Waals surface area (Å²) in [4.78, 5) is 16.5. The van der Waals surface area contributed by atoms with Crippen molar-refractivity contribution in [2.45, 2.75) is 25.3 Å². The molecule has 1 unspecified atom stereocenters. The zero-order valence-corrected chi connectivity index (χ0v) is 18.6. The number of allylic oxidation sites excluding steroid dienone is 4. The fourth-order valence-electron chi connectivity index (χ4n) is 4.29. The number of para-hydroxylation sites is 1. The Morgan fingerprint density at radius 3 is 2.53 bits per heavy atom. The van der Waals surface area contributed by atoms with Gasteiger partial charge in [-0.3, -0.25) is 9.69 Å². The molecule has 1 fully saturated rings. The van der Waals surface area contributed by atoms with Gasteiger partial charge in [-0.2, -0.15) is 0 Å². The maximum Gasteiger partial charge on any atom is 0.230 e. The number of nitrogens with zero attached hydrogens (tertiary/aromatic N) is 2. The van der Waals surface area contributed by atoms with E-state index in [1.807, 2.05) is 48.8 Å². The van der Waals surface area contributed by atoms with Crippen molar-refractivity contribution in [1.82, 2.24) is 10.2 Å². The standard InChI is InChI=1S/C27H31N3O2/c1-32-26-11-5-4-10-24(26)25-21-28-17-20-30(25)23-15-13-22(14-16-23)9-8-12-27(31)29-18-6-2-3-7-19-29/h2-7,10-11,13-16,18-19,25,28H,8-9,12,17,20-21H2,1H3. The Bertz CT molecular complexity index is 978. The van der Waals surface area contributed by atoms with Crippen LogP contribution in [0.1, 0.15) is 30.0 Å². The summed E-state index contributed by atoms with van der Waals surface area (Å²) in [5.74, 6) is 1.05. The second-order valence-electron chi connectivity index (χ2n) is 8.04. The molecule has 1 atom stereocenters. The van der Waals surface area contributed by atoms with Crippen LogP contribution < -0.4 is 15.0 Å². The number of nitrogens with one attached hydrogen (secondary N) is 1. The highest BCUT2D eigenvalue weighted by molar-refractivity contribution is 5.78. The summed E-state index contributed by atoms with van der Waals surface area (Å²) in [6.07, 6.45) is 13.5. The predicted octanol–water partition coefficient (Wildman–Crippen LogP) is 4.59. The number of rotatable bonds is 7. The van der Waals surface area contributed by atoms with Crippen LogP contribution in [0.25, 0.3) is 0 Å². The van der Waals surface area contributed by atoms with Crippen LogP contribution >= 0.6 is 0 Å². The zero-order valence-electron chi connectivity index (χ0n) is 18.6. The first-order valence-electron chi connectivity index (χ1n) is 11.3. The number of carbonyl (C=O) groups is 1. The molecule has 5 nitrogen and oxygen atoms in total. The number of amides is 1. The van der Waals surface area contributed by atoms with Crippen LogP contribution in [0.4, 0.5) is 5.69 Å². The maximum atomic E-state index is 12.4. The number of methoxy groups -OCH3 is 1. The van der Waals surface area contributed by atoms with E-state index in [2.05, 4.69) is 46.6 Å². The first kappa shape index (κ1) is 21.9. The lowest BCUT2D eigenvalue weighted by atomic mass is 10.0. The van der Waals surface area contributed by atoms with Gasteiger partial charge in [0.15, 0.2) is 0 Å². The number of hydrogen-bond donors (Lipinski definition) is 1. The van der Waals surface area contributed by atoms with Crippen LogP contribution in [0.2, 0.25) is 0 Å². The van der Waals surface area contributed by atoms with Crippen LogP contribution in [-0.2, 0) is 11.2 Å². The molecular formula is C27H31N3O2. The lowest BCUT2D eigenvalue weighted by molar-refractivity contribution is -0.126. The molecule has 0 spiro atoms. The van der Waals surface area contributed by atoms with E-state index in [-0.39, 0.29) is 11.9 Å². The van der Waals surface area contributed by atoms with Crippen LogP contribution in [0, 0.1) is 0 Å². The molecule has 166 valence electrons. The number of carbonyl (C=O) groups excluding carboxylic acids is 1. The molecule has 2 aromatic rings. The Kier molecular flexibility index (Phi) is 7.41. The lowest BCUT2D eigenvalue weighted by Crippen LogP contribution is -2.46. The minimum absolute atomic E-state index is 0.123. The molecule has 0 aromatic heterocycles. The molecule has 1 saturated heterocycles. The van der Waals surface area contributed by atoms with Crippen LogP contribution in [0.3, 0.4) is 0 Å². The predicted molar refractivity (Wildman–Crippen MR) is 130 cm³/mol. The highest BCUT2D eigenvalue weighted by Crippen LogP contribution is 2.33. The number of piperazine rings is 1. The molecule has 5 heteroatoms. The van der Waals surface area contributed by atoms with Gasteiger partial charge in [0, 0.05) is 49.7 Å². The van der Waals surface area contributed by atoms with Gasteiger partial charge in [0.05, 0.1) is 13.2 Å². The van der Waals surface area contributed by atoms with E-state index in [1.54, 1.807) is 12.0 Å². The highest BCUT2D eigenvalue weighted by atomic mass is 16.5. The first-order valence-corrected chi connectivity index (χ1v) is 11.3. The monoisotopic (exact) mass is 429 g/mol. The largest absolute Gasteiger partial charge is 0.496 e. The van der Waals surface area contributed by atoms with E-state index in [1.165, 1.54) is 16.8 Å². The van der Waals surface area contributed by atoms with Gasteiger partial charge in [0.2, 0.25) is 5.91 Å². The highest BCUT2D eigenvalue weighted by Gasteiger charge is 2.26. The lowest BCUT2D eigenvalue weighted by Gasteiger charge is -2.39. The Balaban J connectivity index is 1.37. The van der Waals surface area contributed by atoms with Gasteiger partial charge in [-0.25, -0.2) is 0 Å². The smallest absolute Gasteiger partial charge is 0.230 e. The second-order valence-corrected chi connectivity index (χ2v) is 8.04. The summed E-state index contributed by atoms with van der Waals surface area (Å²) in [6, 6.07) is 17.3. The molecule has 1 amide bonds. The van der Waals surface area contributed by atoms with Crippen LogP contribution in [0.5, 0.6) is 5.75 Å². The summed E-state index contributed by atoms with van der Waals surface area (Å²) in [6.45, 7) is 2.80. The van der Waals surface area contributed by atoms with Crippen LogP contribution in [-0.4, -0.2) is 37.6 Å². The minimum Gasteiger partial charge on any atom is -0.496 e. The molecule has 1 N–H and O–H groups in total. The van der Waals surface area contributed by atoms with Crippen molar-refractivity contribution < 1.29 is 9.53 Å². The topological polar surface area (TPSA) is 44.8 Å². The average Bonchev–Trinajstić information content (AvgIpc) is 3.14. The Morgan fingerprint density at radius 2 is 1.78 bits per heavy atom. The van der Waals surface area contributed by atoms with Crippen molar-refractivity contribution in [3.63, 3.8) is 0 Å². The molecule has 2 aliphatic heterocycles.